The van der Waals surface area contributed by atoms with Gasteiger partial charge in [0.1, 0.15) is 17.4 Å². The summed E-state index contributed by atoms with van der Waals surface area (Å²) in [6, 6.07) is 10.1. The van der Waals surface area contributed by atoms with Gasteiger partial charge in [0.05, 0.1) is 12.8 Å². The molecule has 1 aliphatic heterocycles. The summed E-state index contributed by atoms with van der Waals surface area (Å²) in [6.45, 7) is 0.728. The lowest BCUT2D eigenvalue weighted by atomic mass is 10.1. The van der Waals surface area contributed by atoms with Crippen molar-refractivity contribution in [3.05, 3.63) is 53.3 Å². The normalized spacial score (nSPS) is 13.1. The zero-order chi connectivity index (χ0) is 15.0. The van der Waals surface area contributed by atoms with E-state index in [2.05, 4.69) is 0 Å². The molecule has 3 rings (SSSR count). The highest BCUT2D eigenvalue weighted by atomic mass is 19.1. The first-order valence-electron chi connectivity index (χ1n) is 6.68. The molecule has 0 spiro atoms. The molecule has 0 saturated heterocycles. The number of nitrogens with one attached hydrogen (secondary N) is 1. The Morgan fingerprint density at radius 2 is 2.05 bits per heavy atom. The average molecular weight is 285 g/mol. The van der Waals surface area contributed by atoms with Crippen molar-refractivity contribution in [2.24, 2.45) is 5.73 Å². The molecule has 108 valence electrons. The highest BCUT2D eigenvalue weighted by molar-refractivity contribution is 6.01. The number of fused-ring (bicyclic) bond motifs is 1. The topological polar surface area (TPSA) is 62.3 Å². The molecule has 0 radical (unpaired) electrons. The van der Waals surface area contributed by atoms with Crippen LogP contribution in [0.2, 0.25) is 0 Å². The summed E-state index contributed by atoms with van der Waals surface area (Å²) < 4.78 is 18.8. The molecule has 2 aromatic rings. The minimum atomic E-state index is -0.270. The van der Waals surface area contributed by atoms with Gasteiger partial charge in [-0.3, -0.25) is 5.41 Å². The summed E-state index contributed by atoms with van der Waals surface area (Å²) in [5.41, 5.74) is 8.97. The Labute approximate surface area is 122 Å². The highest BCUT2D eigenvalue weighted by Gasteiger charge is 2.24. The van der Waals surface area contributed by atoms with Gasteiger partial charge in [-0.25, -0.2) is 4.39 Å². The smallest absolute Gasteiger partial charge is 0.125 e. The quantitative estimate of drug-likeness (QED) is 0.673. The number of halogens is 1. The number of methoxy groups -OCH3 is 1. The van der Waals surface area contributed by atoms with E-state index < -0.39 is 0 Å². The molecule has 0 amide bonds. The Bertz CT molecular complexity index is 715. The van der Waals surface area contributed by atoms with Gasteiger partial charge in [-0.15, -0.1) is 0 Å². The second-order valence-corrected chi connectivity index (χ2v) is 4.97. The van der Waals surface area contributed by atoms with Crippen LogP contribution in [0, 0.1) is 11.2 Å². The van der Waals surface area contributed by atoms with Gasteiger partial charge in [0.25, 0.3) is 0 Å². The summed E-state index contributed by atoms with van der Waals surface area (Å²) in [4.78, 5) is 1.98. The number of benzene rings is 2. The number of nitrogens with two attached hydrogens (primary N) is 1. The van der Waals surface area contributed by atoms with Gasteiger partial charge in [0.15, 0.2) is 0 Å². The number of amidine groups is 1. The van der Waals surface area contributed by atoms with Crippen LogP contribution in [0.3, 0.4) is 0 Å². The second kappa shape index (κ2) is 5.09. The first kappa shape index (κ1) is 13.4. The zero-order valence-electron chi connectivity index (χ0n) is 11.7. The van der Waals surface area contributed by atoms with Crippen LogP contribution in [-0.4, -0.2) is 19.5 Å². The van der Waals surface area contributed by atoms with E-state index in [0.717, 1.165) is 29.9 Å². The molecule has 2 aromatic carbocycles. The summed E-state index contributed by atoms with van der Waals surface area (Å²) in [5.74, 6) is 0.394. The van der Waals surface area contributed by atoms with Crippen LogP contribution in [0.1, 0.15) is 11.1 Å². The van der Waals surface area contributed by atoms with E-state index in [1.165, 1.54) is 12.1 Å². The Morgan fingerprint density at radius 1 is 1.24 bits per heavy atom. The fourth-order valence-electron chi connectivity index (χ4n) is 2.69. The molecule has 0 aliphatic carbocycles. The lowest BCUT2D eigenvalue weighted by Gasteiger charge is -2.23. The van der Waals surface area contributed by atoms with Crippen LogP contribution in [0.5, 0.6) is 5.75 Å². The van der Waals surface area contributed by atoms with Crippen LogP contribution in [0.25, 0.3) is 0 Å². The molecule has 0 atom stereocenters. The largest absolute Gasteiger partial charge is 0.497 e. The Kier molecular flexibility index (Phi) is 3.25. The number of hydrogen-bond acceptors (Lipinski definition) is 3. The van der Waals surface area contributed by atoms with Crippen LogP contribution < -0.4 is 15.4 Å². The number of ether oxygens (including phenoxy) is 1. The standard InChI is InChI=1S/C16H16FN3O/c1-21-12-4-5-13(16(18)19)15(9-12)20-7-6-10-2-3-11(17)8-14(10)20/h2-5,8-9H,6-7H2,1H3,(H3,18,19). The van der Waals surface area contributed by atoms with Gasteiger partial charge in [-0.2, -0.15) is 0 Å². The maximum Gasteiger partial charge on any atom is 0.125 e. The van der Waals surface area contributed by atoms with E-state index in [1.807, 2.05) is 11.0 Å². The van der Waals surface area contributed by atoms with Gasteiger partial charge < -0.3 is 15.4 Å². The van der Waals surface area contributed by atoms with Gasteiger partial charge in [0.2, 0.25) is 0 Å². The molecule has 1 aliphatic rings. The molecule has 21 heavy (non-hydrogen) atoms. The number of anilines is 2. The lowest BCUT2D eigenvalue weighted by molar-refractivity contribution is 0.415. The predicted molar refractivity (Wildman–Crippen MR) is 81.1 cm³/mol. The van der Waals surface area contributed by atoms with Crippen LogP contribution in [-0.2, 0) is 6.42 Å². The SMILES string of the molecule is COc1ccc(C(=N)N)c(N2CCc3ccc(F)cc32)c1. The molecule has 4 nitrogen and oxygen atoms in total. The molecule has 0 bridgehead atoms. The Morgan fingerprint density at radius 3 is 2.76 bits per heavy atom. The summed E-state index contributed by atoms with van der Waals surface area (Å²) in [7, 11) is 1.59. The highest BCUT2D eigenvalue weighted by Crippen LogP contribution is 2.38. The monoisotopic (exact) mass is 285 g/mol. The Balaban J connectivity index is 2.14. The van der Waals surface area contributed by atoms with E-state index in [9.17, 15) is 4.39 Å². The molecule has 0 unspecified atom stereocenters. The maximum atomic E-state index is 13.5. The molecule has 0 saturated carbocycles. The minimum Gasteiger partial charge on any atom is -0.497 e. The Hall–Kier alpha value is -2.56. The predicted octanol–water partition coefficient (Wildman–Crippen LogP) is 2.81. The third kappa shape index (κ3) is 2.31. The summed E-state index contributed by atoms with van der Waals surface area (Å²) >= 11 is 0. The van der Waals surface area contributed by atoms with Gasteiger partial charge in [-0.05, 0) is 36.2 Å². The van der Waals surface area contributed by atoms with Crippen molar-refractivity contribution in [3.63, 3.8) is 0 Å². The van der Waals surface area contributed by atoms with E-state index in [0.29, 0.717) is 11.3 Å². The van der Waals surface area contributed by atoms with Crippen LogP contribution in [0.15, 0.2) is 36.4 Å². The van der Waals surface area contributed by atoms with E-state index in [1.54, 1.807) is 25.3 Å². The van der Waals surface area contributed by atoms with Crippen LogP contribution in [0.4, 0.5) is 15.8 Å². The summed E-state index contributed by atoms with van der Waals surface area (Å²) in [5, 5.41) is 7.73. The molecule has 0 fully saturated rings. The molecule has 5 heteroatoms. The number of rotatable bonds is 3. The first-order valence-corrected chi connectivity index (χ1v) is 6.68. The maximum absolute atomic E-state index is 13.5. The van der Waals surface area contributed by atoms with Gasteiger partial charge in [0, 0.05) is 23.9 Å². The van der Waals surface area contributed by atoms with Crippen molar-refractivity contribution < 1.29 is 9.13 Å². The van der Waals surface area contributed by atoms with Crippen molar-refractivity contribution in [2.45, 2.75) is 6.42 Å². The van der Waals surface area contributed by atoms with Crippen molar-refractivity contribution >= 4 is 17.2 Å². The number of nitrogen functional groups attached to an aromatic ring is 1. The third-order valence-corrected chi connectivity index (χ3v) is 3.73. The van der Waals surface area contributed by atoms with Crippen molar-refractivity contribution in [1.29, 1.82) is 5.41 Å². The van der Waals surface area contributed by atoms with E-state index in [-0.39, 0.29) is 11.7 Å². The fraction of sp³-hybridized carbons (Fsp3) is 0.188. The van der Waals surface area contributed by atoms with Gasteiger partial charge >= 0.3 is 0 Å². The molecule has 3 N–H and O–H groups in total. The third-order valence-electron chi connectivity index (χ3n) is 3.73. The molecule has 0 aromatic heterocycles. The van der Waals surface area contributed by atoms with E-state index in [4.69, 9.17) is 15.9 Å². The minimum absolute atomic E-state index is 0.0162. The van der Waals surface area contributed by atoms with Crippen LogP contribution >= 0.6 is 0 Å². The van der Waals surface area contributed by atoms with E-state index >= 15 is 0 Å². The van der Waals surface area contributed by atoms with Crippen molar-refractivity contribution in [2.75, 3.05) is 18.6 Å². The molecular formula is C16H16FN3O. The second-order valence-electron chi connectivity index (χ2n) is 4.97. The first-order chi connectivity index (χ1) is 10.1. The van der Waals surface area contributed by atoms with Crippen molar-refractivity contribution in [1.82, 2.24) is 0 Å². The fourth-order valence-corrected chi connectivity index (χ4v) is 2.69. The summed E-state index contributed by atoms with van der Waals surface area (Å²) in [6.07, 6.45) is 0.837. The number of hydrogen-bond donors (Lipinski definition) is 2. The number of nitrogens with zero attached hydrogens (tertiary/aromatic N) is 1. The van der Waals surface area contributed by atoms with Gasteiger partial charge in [-0.1, -0.05) is 6.07 Å². The molecule has 1 heterocycles. The lowest BCUT2D eigenvalue weighted by Crippen LogP contribution is -2.20. The molecular weight excluding hydrogens is 269 g/mol. The average Bonchev–Trinajstić information content (AvgIpc) is 2.89. The van der Waals surface area contributed by atoms with Crippen molar-refractivity contribution in [3.8, 4) is 5.75 Å². The zero-order valence-corrected chi connectivity index (χ0v) is 11.7.